The number of rotatable bonds is 5. The van der Waals surface area contributed by atoms with Gasteiger partial charge in [0.15, 0.2) is 11.7 Å². The van der Waals surface area contributed by atoms with Gasteiger partial charge in [0.1, 0.15) is 17.3 Å². The molecule has 0 atom stereocenters. The number of anilines is 1. The Kier molecular flexibility index (Phi) is 4.71. The fraction of sp³-hybridized carbons (Fsp3) is 0.0667. The Morgan fingerprint density at radius 1 is 1.35 bits per heavy atom. The number of nitrogens with one attached hydrogen (secondary N) is 1. The monoisotopic (exact) mass is 375 g/mol. The third-order valence-corrected chi connectivity index (χ3v) is 3.98. The van der Waals surface area contributed by atoms with Gasteiger partial charge < -0.3 is 9.15 Å². The van der Waals surface area contributed by atoms with E-state index in [2.05, 4.69) is 10.3 Å². The number of hydrogen-bond acceptors (Lipinski definition) is 9. The summed E-state index contributed by atoms with van der Waals surface area (Å²) in [6, 6.07) is 7.92. The Bertz CT molecular complexity index is 1070. The van der Waals surface area contributed by atoms with E-state index in [0.29, 0.717) is 22.3 Å². The van der Waals surface area contributed by atoms with Crippen LogP contribution in [0.3, 0.4) is 0 Å². The summed E-state index contributed by atoms with van der Waals surface area (Å²) in [5.74, 6) is -1.78. The molecule has 26 heavy (non-hydrogen) atoms. The van der Waals surface area contributed by atoms with E-state index >= 15 is 0 Å². The van der Waals surface area contributed by atoms with Gasteiger partial charge in [-0.3, -0.25) is 20.2 Å². The minimum atomic E-state index is -1.02. The number of aromatic nitrogens is 1. The third kappa shape index (κ3) is 3.72. The lowest BCUT2D eigenvalue weighted by Gasteiger charge is -2.04. The molecule has 0 saturated carbocycles. The summed E-state index contributed by atoms with van der Waals surface area (Å²) < 4.78 is 9.79. The van der Waals surface area contributed by atoms with Crippen molar-refractivity contribution in [3.05, 3.63) is 62.6 Å². The van der Waals surface area contributed by atoms with Crippen LogP contribution in [0.2, 0.25) is 0 Å². The molecule has 0 fully saturated rings. The number of esters is 1. The summed E-state index contributed by atoms with van der Waals surface area (Å²) in [7, 11) is 0. The highest BCUT2D eigenvalue weighted by atomic mass is 32.1. The number of benzene rings is 1. The zero-order valence-corrected chi connectivity index (χ0v) is 13.6. The summed E-state index contributed by atoms with van der Waals surface area (Å²) in [4.78, 5) is 49.1. The van der Waals surface area contributed by atoms with Crippen LogP contribution in [0.5, 0.6) is 0 Å². The maximum Gasteiger partial charge on any atom is 0.351 e. The number of ether oxygens (including phenoxy) is 1. The maximum absolute atomic E-state index is 12.0. The Labute approximate surface area is 148 Å². The van der Waals surface area contributed by atoms with Gasteiger partial charge in [-0.05, 0) is 23.5 Å². The lowest BCUT2D eigenvalue weighted by molar-refractivity contribution is -0.380. The fourth-order valence-electron chi connectivity index (χ4n) is 1.98. The van der Waals surface area contributed by atoms with Crippen molar-refractivity contribution in [1.29, 1.82) is 0 Å². The second-order valence-electron chi connectivity index (χ2n) is 4.87. The third-order valence-electron chi connectivity index (χ3n) is 3.12. The highest BCUT2D eigenvalue weighted by Crippen LogP contribution is 2.24. The zero-order chi connectivity index (χ0) is 18.7. The highest BCUT2D eigenvalue weighted by molar-refractivity contribution is 7.18. The lowest BCUT2D eigenvalue weighted by Crippen LogP contribution is -2.23. The van der Waals surface area contributed by atoms with Crippen molar-refractivity contribution in [3.8, 4) is 0 Å². The molecule has 2 heterocycles. The average molecular weight is 375 g/mol. The van der Waals surface area contributed by atoms with Crippen molar-refractivity contribution in [2.24, 2.45) is 0 Å². The van der Waals surface area contributed by atoms with E-state index in [1.807, 2.05) is 0 Å². The van der Waals surface area contributed by atoms with Crippen molar-refractivity contribution in [2.45, 2.75) is 0 Å². The van der Waals surface area contributed by atoms with E-state index in [9.17, 15) is 24.5 Å². The number of carbonyl (C=O) groups is 2. The van der Waals surface area contributed by atoms with E-state index in [4.69, 9.17) is 9.15 Å². The van der Waals surface area contributed by atoms with Crippen LogP contribution in [-0.2, 0) is 9.53 Å². The van der Waals surface area contributed by atoms with Crippen molar-refractivity contribution in [1.82, 2.24) is 4.98 Å². The number of nitrogens with zero attached hydrogens (tertiary/aromatic N) is 2. The molecule has 0 saturated heterocycles. The summed E-state index contributed by atoms with van der Waals surface area (Å²) in [6.45, 7) is -0.696. The van der Waals surface area contributed by atoms with Gasteiger partial charge in [0, 0.05) is 5.39 Å². The molecule has 0 aliphatic heterocycles. The Hall–Kier alpha value is -3.60. The number of nitro groups is 1. The normalized spacial score (nSPS) is 10.5. The Balaban J connectivity index is 1.64. The van der Waals surface area contributed by atoms with Gasteiger partial charge in [-0.2, -0.15) is 0 Å². The van der Waals surface area contributed by atoms with Crippen molar-refractivity contribution >= 4 is 44.3 Å². The zero-order valence-electron chi connectivity index (χ0n) is 12.8. The molecule has 0 bridgehead atoms. The predicted octanol–water partition coefficient (Wildman–Crippen LogP) is 1.95. The molecule has 0 unspecified atom stereocenters. The number of carbonyl (C=O) groups excluding carboxylic acids is 2. The van der Waals surface area contributed by atoms with Crippen LogP contribution in [0.15, 0.2) is 45.7 Å². The topological polar surface area (TPSA) is 142 Å². The molecule has 3 aromatic rings. The standard InChI is InChI=1S/C15H9N3O7S/c19-11(17-15-16-6-12(26-15)18(22)23)7-24-13(20)9-5-8-3-1-2-4-10(8)25-14(9)21/h1-6H,7H2,(H,16,17,19). The SMILES string of the molecule is O=C(COC(=O)c1cc2ccccc2oc1=O)Nc1ncc([N+](=O)[O-])s1. The minimum absolute atomic E-state index is 0.0111. The van der Waals surface area contributed by atoms with E-state index in [-0.39, 0.29) is 15.7 Å². The second-order valence-corrected chi connectivity index (χ2v) is 5.88. The molecule has 2 aromatic heterocycles. The van der Waals surface area contributed by atoms with Crippen LogP contribution in [0.4, 0.5) is 10.1 Å². The summed E-state index contributed by atoms with van der Waals surface area (Å²) >= 11 is 0.656. The first-order valence-electron chi connectivity index (χ1n) is 7.04. The van der Waals surface area contributed by atoms with Gasteiger partial charge >= 0.3 is 16.6 Å². The Morgan fingerprint density at radius 3 is 2.85 bits per heavy atom. The van der Waals surface area contributed by atoms with Crippen LogP contribution in [-0.4, -0.2) is 28.4 Å². The molecule has 0 spiro atoms. The summed E-state index contributed by atoms with van der Waals surface area (Å²) in [5.41, 5.74) is -0.914. The molecule has 1 N–H and O–H groups in total. The second kappa shape index (κ2) is 7.11. The van der Waals surface area contributed by atoms with Crippen molar-refractivity contribution in [2.75, 3.05) is 11.9 Å². The van der Waals surface area contributed by atoms with Crippen LogP contribution < -0.4 is 10.9 Å². The van der Waals surface area contributed by atoms with Gasteiger partial charge in [0.25, 0.3) is 5.91 Å². The Morgan fingerprint density at radius 2 is 2.12 bits per heavy atom. The first-order valence-corrected chi connectivity index (χ1v) is 7.86. The first-order chi connectivity index (χ1) is 12.4. The molecule has 0 aliphatic carbocycles. The number of fused-ring (bicyclic) bond motifs is 1. The van der Waals surface area contributed by atoms with Gasteiger partial charge in [-0.15, -0.1) is 0 Å². The minimum Gasteiger partial charge on any atom is -0.452 e. The number of para-hydroxylation sites is 1. The molecule has 0 aliphatic rings. The summed E-state index contributed by atoms with van der Waals surface area (Å²) in [5, 5.41) is 13.1. The van der Waals surface area contributed by atoms with Crippen LogP contribution >= 0.6 is 11.3 Å². The van der Waals surface area contributed by atoms with Gasteiger partial charge in [0.2, 0.25) is 0 Å². The number of thiazole rings is 1. The van der Waals surface area contributed by atoms with Crippen molar-refractivity contribution in [3.63, 3.8) is 0 Å². The average Bonchev–Trinajstić information content (AvgIpc) is 3.08. The molecule has 1 aromatic carbocycles. The predicted molar refractivity (Wildman–Crippen MR) is 90.2 cm³/mol. The molecule has 3 rings (SSSR count). The molecular formula is C15H9N3O7S. The van der Waals surface area contributed by atoms with Crippen LogP contribution in [0.1, 0.15) is 10.4 Å². The molecule has 0 radical (unpaired) electrons. The molecule has 11 heteroatoms. The largest absolute Gasteiger partial charge is 0.452 e. The van der Waals surface area contributed by atoms with Gasteiger partial charge in [0.05, 0.1) is 4.92 Å². The lowest BCUT2D eigenvalue weighted by atomic mass is 10.2. The maximum atomic E-state index is 12.0. The van der Waals surface area contributed by atoms with Crippen LogP contribution in [0, 0.1) is 10.1 Å². The smallest absolute Gasteiger partial charge is 0.351 e. The molecular weight excluding hydrogens is 366 g/mol. The van der Waals surface area contributed by atoms with Crippen LogP contribution in [0.25, 0.3) is 11.0 Å². The van der Waals surface area contributed by atoms with E-state index in [1.165, 1.54) is 6.07 Å². The van der Waals surface area contributed by atoms with E-state index < -0.39 is 29.0 Å². The van der Waals surface area contributed by atoms with Gasteiger partial charge in [-0.25, -0.2) is 14.6 Å². The molecule has 1 amide bonds. The molecule has 10 nitrogen and oxygen atoms in total. The first kappa shape index (κ1) is 17.2. The highest BCUT2D eigenvalue weighted by Gasteiger charge is 2.18. The van der Waals surface area contributed by atoms with E-state index in [0.717, 1.165) is 6.20 Å². The van der Waals surface area contributed by atoms with Crippen molar-refractivity contribution < 1.29 is 23.7 Å². The summed E-state index contributed by atoms with van der Waals surface area (Å²) in [6.07, 6.45) is 0.993. The quantitative estimate of drug-likeness (QED) is 0.309. The number of hydrogen-bond donors (Lipinski definition) is 1. The fourth-order valence-corrected chi connectivity index (χ4v) is 2.62. The molecule has 132 valence electrons. The van der Waals surface area contributed by atoms with Gasteiger partial charge in [-0.1, -0.05) is 18.2 Å². The van der Waals surface area contributed by atoms with E-state index in [1.54, 1.807) is 24.3 Å². The number of amides is 1.